The lowest BCUT2D eigenvalue weighted by atomic mass is 9.61. The van der Waals surface area contributed by atoms with Crippen molar-refractivity contribution in [2.75, 3.05) is 45.9 Å². The van der Waals surface area contributed by atoms with Crippen LogP contribution in [0.5, 0.6) is 0 Å². The molecule has 0 bridgehead atoms. The second-order valence-electron chi connectivity index (χ2n) is 9.35. The predicted octanol–water partition coefficient (Wildman–Crippen LogP) is 2.96. The van der Waals surface area contributed by atoms with Crippen LogP contribution in [-0.2, 0) is 16.1 Å². The number of halogens is 1. The van der Waals surface area contributed by atoms with Gasteiger partial charge in [0.05, 0.1) is 18.6 Å². The van der Waals surface area contributed by atoms with E-state index in [2.05, 4.69) is 22.0 Å². The molecule has 1 aromatic carbocycles. The van der Waals surface area contributed by atoms with Gasteiger partial charge in [-0.1, -0.05) is 19.1 Å². The molecule has 6 heteroatoms. The van der Waals surface area contributed by atoms with Crippen LogP contribution >= 0.6 is 0 Å². The summed E-state index contributed by atoms with van der Waals surface area (Å²) < 4.78 is 19.4. The number of likely N-dealkylation sites (tertiary alicyclic amines) is 1. The smallest absolute Gasteiger partial charge is 0.228 e. The molecular weight excluding hydrogens is 381 g/mol. The van der Waals surface area contributed by atoms with Gasteiger partial charge >= 0.3 is 0 Å². The van der Waals surface area contributed by atoms with E-state index in [1.54, 1.807) is 19.1 Å². The number of carbonyl (C=O) groups is 1. The van der Waals surface area contributed by atoms with Crippen LogP contribution in [-0.4, -0.2) is 67.7 Å². The van der Waals surface area contributed by atoms with Gasteiger partial charge in [-0.05, 0) is 68.8 Å². The molecule has 0 spiro atoms. The lowest BCUT2D eigenvalue weighted by Gasteiger charge is -2.53. The maximum atomic E-state index is 13.9. The molecule has 3 aliphatic rings. The number of morpholine rings is 1. The minimum Gasteiger partial charge on any atom is -0.379 e. The monoisotopic (exact) mass is 417 g/mol. The topological polar surface area (TPSA) is 44.8 Å². The molecule has 1 aromatic rings. The molecule has 166 valence electrons. The Morgan fingerprint density at radius 3 is 2.80 bits per heavy atom. The second kappa shape index (κ2) is 9.33. The number of hydrogen-bond donors (Lipinski definition) is 1. The lowest BCUT2D eigenvalue weighted by molar-refractivity contribution is -0.145. The zero-order valence-electron chi connectivity index (χ0n) is 18.5. The highest BCUT2D eigenvalue weighted by Crippen LogP contribution is 2.47. The Kier molecular flexibility index (Phi) is 6.75. The normalized spacial score (nSPS) is 30.6. The quantitative estimate of drug-likeness (QED) is 0.800. The first kappa shape index (κ1) is 21.7. The maximum absolute atomic E-state index is 13.9. The molecule has 5 nitrogen and oxygen atoms in total. The third kappa shape index (κ3) is 4.41. The summed E-state index contributed by atoms with van der Waals surface area (Å²) in [5, 5.41) is 3.18. The van der Waals surface area contributed by atoms with Crippen LogP contribution in [0.3, 0.4) is 0 Å². The SMILES string of the molecule is CCN1CC[C@@H]2C[C@@H](N3CCOCC3)CC[C@@]2(C(=O)NCc2ccc(C)c(F)c2)C1. The molecule has 0 aromatic heterocycles. The molecule has 0 radical (unpaired) electrons. The third-order valence-electron chi connectivity index (χ3n) is 7.71. The maximum Gasteiger partial charge on any atom is 0.228 e. The zero-order chi connectivity index (χ0) is 21.1. The Balaban J connectivity index is 1.46. The molecule has 2 aliphatic heterocycles. The van der Waals surface area contributed by atoms with Crippen molar-refractivity contribution in [2.45, 2.75) is 52.1 Å². The second-order valence-corrected chi connectivity index (χ2v) is 9.35. The van der Waals surface area contributed by atoms with Gasteiger partial charge in [-0.25, -0.2) is 4.39 Å². The number of piperidine rings is 1. The number of amides is 1. The van der Waals surface area contributed by atoms with Gasteiger partial charge in [0.15, 0.2) is 0 Å². The van der Waals surface area contributed by atoms with Gasteiger partial charge in [0.25, 0.3) is 0 Å². The average molecular weight is 418 g/mol. The van der Waals surface area contributed by atoms with Gasteiger partial charge in [-0.3, -0.25) is 9.69 Å². The Labute approximate surface area is 179 Å². The van der Waals surface area contributed by atoms with Gasteiger partial charge < -0.3 is 15.0 Å². The number of benzene rings is 1. The Morgan fingerprint density at radius 1 is 1.27 bits per heavy atom. The third-order valence-corrected chi connectivity index (χ3v) is 7.71. The number of ether oxygens (including phenoxy) is 1. The highest BCUT2D eigenvalue weighted by atomic mass is 19.1. The molecule has 1 amide bonds. The molecule has 4 rings (SSSR count). The summed E-state index contributed by atoms with van der Waals surface area (Å²) >= 11 is 0. The Bertz CT molecular complexity index is 752. The summed E-state index contributed by atoms with van der Waals surface area (Å²) in [6.45, 7) is 10.9. The number of nitrogens with one attached hydrogen (secondary N) is 1. The minimum atomic E-state index is -0.319. The Hall–Kier alpha value is -1.50. The van der Waals surface area contributed by atoms with E-state index in [4.69, 9.17) is 4.74 Å². The van der Waals surface area contributed by atoms with Gasteiger partial charge in [-0.15, -0.1) is 0 Å². The molecule has 3 atom stereocenters. The van der Waals surface area contributed by atoms with Crippen LogP contribution < -0.4 is 5.32 Å². The van der Waals surface area contributed by atoms with Crippen LogP contribution in [0.2, 0.25) is 0 Å². The molecule has 2 heterocycles. The van der Waals surface area contributed by atoms with Crippen molar-refractivity contribution in [1.29, 1.82) is 0 Å². The van der Waals surface area contributed by atoms with E-state index in [-0.39, 0.29) is 17.1 Å². The lowest BCUT2D eigenvalue weighted by Crippen LogP contribution is -2.60. The number of rotatable bonds is 5. The number of hydrogen-bond acceptors (Lipinski definition) is 4. The fourth-order valence-corrected chi connectivity index (χ4v) is 5.74. The van der Waals surface area contributed by atoms with E-state index in [0.717, 1.165) is 77.2 Å². The molecular formula is C24H36FN3O2. The molecule has 0 unspecified atom stereocenters. The number of aryl methyl sites for hydroxylation is 1. The molecule has 1 saturated carbocycles. The first-order chi connectivity index (χ1) is 14.5. The van der Waals surface area contributed by atoms with E-state index in [0.29, 0.717) is 24.1 Å². The number of carbonyl (C=O) groups excluding carboxylic acids is 1. The fraction of sp³-hybridized carbons (Fsp3) is 0.708. The number of fused-ring (bicyclic) bond motifs is 1. The van der Waals surface area contributed by atoms with Crippen LogP contribution in [0.25, 0.3) is 0 Å². The van der Waals surface area contributed by atoms with Crippen LogP contribution in [0.4, 0.5) is 4.39 Å². The van der Waals surface area contributed by atoms with Crippen LogP contribution in [0.1, 0.15) is 43.7 Å². The summed E-state index contributed by atoms with van der Waals surface area (Å²) in [4.78, 5) is 18.6. The molecule has 1 aliphatic carbocycles. The zero-order valence-corrected chi connectivity index (χ0v) is 18.5. The predicted molar refractivity (Wildman–Crippen MR) is 116 cm³/mol. The van der Waals surface area contributed by atoms with Crippen LogP contribution in [0, 0.1) is 24.1 Å². The van der Waals surface area contributed by atoms with E-state index >= 15 is 0 Å². The molecule has 30 heavy (non-hydrogen) atoms. The Morgan fingerprint density at radius 2 is 2.07 bits per heavy atom. The summed E-state index contributed by atoms with van der Waals surface area (Å²) in [5.41, 5.74) is 1.14. The first-order valence-electron chi connectivity index (χ1n) is 11.6. The standard InChI is InChI=1S/C24H36FN3O2/c1-3-27-9-7-20-15-21(28-10-12-30-13-11-28)6-8-24(20,17-27)23(29)26-16-19-5-4-18(2)22(25)14-19/h4-5,14,20-21H,3,6-13,15-17H2,1-2H3,(H,26,29)/t20-,21+,24-/m1/s1. The van der Waals surface area contributed by atoms with Crippen molar-refractivity contribution in [1.82, 2.24) is 15.1 Å². The van der Waals surface area contributed by atoms with Crippen molar-refractivity contribution in [3.8, 4) is 0 Å². The van der Waals surface area contributed by atoms with Gasteiger partial charge in [0.1, 0.15) is 5.82 Å². The summed E-state index contributed by atoms with van der Waals surface area (Å²) in [7, 11) is 0. The van der Waals surface area contributed by atoms with Gasteiger partial charge in [0, 0.05) is 32.2 Å². The average Bonchev–Trinajstić information content (AvgIpc) is 2.79. The fourth-order valence-electron chi connectivity index (χ4n) is 5.74. The summed E-state index contributed by atoms with van der Waals surface area (Å²) in [6.07, 6.45) is 4.19. The molecule has 2 saturated heterocycles. The largest absolute Gasteiger partial charge is 0.379 e. The number of nitrogens with zero attached hydrogens (tertiary/aromatic N) is 2. The summed E-state index contributed by atoms with van der Waals surface area (Å²) in [6, 6.07) is 5.80. The van der Waals surface area contributed by atoms with Crippen LogP contribution in [0.15, 0.2) is 18.2 Å². The van der Waals surface area contributed by atoms with Crippen molar-refractivity contribution in [3.05, 3.63) is 35.1 Å². The summed E-state index contributed by atoms with van der Waals surface area (Å²) in [5.74, 6) is 0.363. The van der Waals surface area contributed by atoms with E-state index in [9.17, 15) is 9.18 Å². The van der Waals surface area contributed by atoms with E-state index in [1.807, 2.05) is 6.07 Å². The minimum absolute atomic E-state index is 0.159. The van der Waals surface area contributed by atoms with Gasteiger partial charge in [-0.2, -0.15) is 0 Å². The van der Waals surface area contributed by atoms with E-state index in [1.165, 1.54) is 0 Å². The van der Waals surface area contributed by atoms with Crippen molar-refractivity contribution in [2.24, 2.45) is 11.3 Å². The first-order valence-corrected chi connectivity index (χ1v) is 11.6. The highest BCUT2D eigenvalue weighted by Gasteiger charge is 2.52. The van der Waals surface area contributed by atoms with Crippen molar-refractivity contribution < 1.29 is 13.9 Å². The molecule has 3 fully saturated rings. The van der Waals surface area contributed by atoms with Crippen molar-refractivity contribution >= 4 is 5.91 Å². The van der Waals surface area contributed by atoms with Crippen molar-refractivity contribution in [3.63, 3.8) is 0 Å². The van der Waals surface area contributed by atoms with Gasteiger partial charge in [0.2, 0.25) is 5.91 Å². The highest BCUT2D eigenvalue weighted by molar-refractivity contribution is 5.83. The molecule has 1 N–H and O–H groups in total. The van der Waals surface area contributed by atoms with E-state index < -0.39 is 0 Å².